The van der Waals surface area contributed by atoms with E-state index in [1.54, 1.807) is 0 Å². The maximum atomic E-state index is 6.25. The number of nitrogens with two attached hydrogens (primary N) is 1. The van der Waals surface area contributed by atoms with Crippen molar-refractivity contribution in [1.82, 2.24) is 19.7 Å². The van der Waals surface area contributed by atoms with Gasteiger partial charge in [-0.25, -0.2) is 4.98 Å². The quantitative estimate of drug-likeness (QED) is 0.690. The van der Waals surface area contributed by atoms with Gasteiger partial charge in [-0.1, -0.05) is 24.3 Å². The third-order valence-electron chi connectivity index (χ3n) is 6.45. The minimum Gasteiger partial charge on any atom is -0.382 e. The molecule has 0 spiro atoms. The number of nitrogen functional groups attached to an aromatic ring is 1. The summed E-state index contributed by atoms with van der Waals surface area (Å²) in [5, 5.41) is 6.03. The van der Waals surface area contributed by atoms with Crippen LogP contribution in [0.15, 0.2) is 24.3 Å². The van der Waals surface area contributed by atoms with Crippen molar-refractivity contribution in [2.24, 2.45) is 7.05 Å². The zero-order valence-corrected chi connectivity index (χ0v) is 16.7. The van der Waals surface area contributed by atoms with Crippen LogP contribution in [-0.4, -0.2) is 26.2 Å². The molecule has 3 heterocycles. The summed E-state index contributed by atoms with van der Waals surface area (Å²) < 4.78 is 2.04. The highest BCUT2D eigenvalue weighted by atomic mass is 15.3. The lowest BCUT2D eigenvalue weighted by molar-refractivity contribution is 0.277. The summed E-state index contributed by atoms with van der Waals surface area (Å²) in [6.45, 7) is 3.35. The number of unbranched alkanes of at least 4 members (excludes halogenated alkanes) is 1. The molecule has 1 aromatic carbocycles. The third kappa shape index (κ3) is 3.08. The Kier molecular flexibility index (Phi) is 4.55. The van der Waals surface area contributed by atoms with Crippen LogP contribution in [0, 0.1) is 0 Å². The van der Waals surface area contributed by atoms with Gasteiger partial charge in [0.2, 0.25) is 0 Å². The Bertz CT molecular complexity index is 994. The first-order valence-electron chi connectivity index (χ1n) is 10.6. The Morgan fingerprint density at radius 3 is 2.57 bits per heavy atom. The average Bonchev–Trinajstić information content (AvgIpc) is 3.26. The number of rotatable bonds is 5. The van der Waals surface area contributed by atoms with Crippen LogP contribution in [0.4, 0.5) is 5.82 Å². The highest BCUT2D eigenvalue weighted by molar-refractivity contribution is 5.93. The summed E-state index contributed by atoms with van der Waals surface area (Å²) >= 11 is 0. The third-order valence-corrected chi connectivity index (χ3v) is 6.45. The number of hydrogen-bond donors (Lipinski definition) is 1. The number of benzene rings is 1. The summed E-state index contributed by atoms with van der Waals surface area (Å²) in [4.78, 5) is 7.23. The number of pyridine rings is 1. The summed E-state index contributed by atoms with van der Waals surface area (Å²) in [7, 11) is 2.06. The molecule has 0 radical (unpaired) electrons. The van der Waals surface area contributed by atoms with Crippen molar-refractivity contribution in [3.63, 3.8) is 0 Å². The second kappa shape index (κ2) is 7.21. The van der Waals surface area contributed by atoms with E-state index in [-0.39, 0.29) is 0 Å². The Morgan fingerprint density at radius 1 is 1.04 bits per heavy atom. The van der Waals surface area contributed by atoms with Crippen molar-refractivity contribution < 1.29 is 0 Å². The highest BCUT2D eigenvalue weighted by Crippen LogP contribution is 2.33. The fraction of sp³-hybridized carbons (Fsp3) is 0.478. The minimum atomic E-state index is 0.604. The molecule has 28 heavy (non-hydrogen) atoms. The van der Waals surface area contributed by atoms with Crippen molar-refractivity contribution in [3.05, 3.63) is 52.3 Å². The zero-order valence-electron chi connectivity index (χ0n) is 16.7. The summed E-state index contributed by atoms with van der Waals surface area (Å²) in [6, 6.07) is 8.82. The van der Waals surface area contributed by atoms with Crippen LogP contribution in [0.25, 0.3) is 10.9 Å². The van der Waals surface area contributed by atoms with Crippen LogP contribution in [0.3, 0.4) is 0 Å². The molecule has 0 fully saturated rings. The van der Waals surface area contributed by atoms with E-state index in [0.29, 0.717) is 5.82 Å². The molecule has 0 saturated carbocycles. The highest BCUT2D eigenvalue weighted by Gasteiger charge is 2.22. The van der Waals surface area contributed by atoms with Crippen LogP contribution in [0.5, 0.6) is 0 Å². The van der Waals surface area contributed by atoms with Crippen molar-refractivity contribution in [2.45, 2.75) is 58.0 Å². The van der Waals surface area contributed by atoms with Gasteiger partial charge in [0, 0.05) is 36.9 Å². The van der Waals surface area contributed by atoms with Crippen LogP contribution in [0.2, 0.25) is 0 Å². The van der Waals surface area contributed by atoms with E-state index in [2.05, 4.69) is 41.2 Å². The molecule has 2 N–H and O–H groups in total. The minimum absolute atomic E-state index is 0.604. The molecule has 5 heteroatoms. The molecule has 1 aliphatic carbocycles. The van der Waals surface area contributed by atoms with E-state index in [1.165, 1.54) is 59.1 Å². The number of anilines is 1. The van der Waals surface area contributed by atoms with E-state index in [1.807, 2.05) is 4.68 Å². The van der Waals surface area contributed by atoms with E-state index in [4.69, 9.17) is 10.8 Å². The molecule has 0 amide bonds. The normalized spacial score (nSPS) is 16.5. The summed E-state index contributed by atoms with van der Waals surface area (Å²) in [6.07, 6.45) is 8.09. The standard InChI is InChI=1S/C23H29N5/c1-27-20(12-6-7-13-28-14-16-8-2-3-9-17(16)15-28)21-18-10-4-5-11-19(18)25-23(24)22(21)26-27/h2-3,8-9H,4-7,10-15H2,1H3,(H2,24,25). The van der Waals surface area contributed by atoms with Crippen LogP contribution in [-0.2, 0) is 39.4 Å². The lowest BCUT2D eigenvalue weighted by Gasteiger charge is -2.17. The molecule has 5 rings (SSSR count). The molecular weight excluding hydrogens is 346 g/mol. The Morgan fingerprint density at radius 2 is 1.79 bits per heavy atom. The summed E-state index contributed by atoms with van der Waals surface area (Å²) in [5.74, 6) is 0.604. The molecule has 2 aliphatic rings. The first-order valence-corrected chi connectivity index (χ1v) is 10.6. The van der Waals surface area contributed by atoms with E-state index >= 15 is 0 Å². The van der Waals surface area contributed by atoms with Crippen molar-refractivity contribution >= 4 is 16.7 Å². The van der Waals surface area contributed by atoms with Gasteiger partial charge < -0.3 is 5.73 Å². The van der Waals surface area contributed by atoms with Crippen molar-refractivity contribution in [3.8, 4) is 0 Å². The van der Waals surface area contributed by atoms with Gasteiger partial charge in [-0.15, -0.1) is 0 Å². The predicted molar refractivity (Wildman–Crippen MR) is 113 cm³/mol. The molecule has 5 nitrogen and oxygen atoms in total. The van der Waals surface area contributed by atoms with E-state index in [0.717, 1.165) is 44.4 Å². The van der Waals surface area contributed by atoms with Gasteiger partial charge in [-0.2, -0.15) is 5.10 Å². The maximum absolute atomic E-state index is 6.25. The van der Waals surface area contributed by atoms with Gasteiger partial charge in [0.1, 0.15) is 5.52 Å². The Balaban J connectivity index is 1.28. The van der Waals surface area contributed by atoms with Gasteiger partial charge in [-0.3, -0.25) is 9.58 Å². The van der Waals surface area contributed by atoms with Crippen molar-refractivity contribution in [1.29, 1.82) is 0 Å². The average molecular weight is 376 g/mol. The Labute approximate surface area is 166 Å². The maximum Gasteiger partial charge on any atom is 0.152 e. The fourth-order valence-corrected chi connectivity index (χ4v) is 5.01. The first kappa shape index (κ1) is 17.7. The van der Waals surface area contributed by atoms with Crippen LogP contribution >= 0.6 is 0 Å². The van der Waals surface area contributed by atoms with Gasteiger partial charge >= 0.3 is 0 Å². The molecular formula is C23H29N5. The number of nitrogens with zero attached hydrogens (tertiary/aromatic N) is 4. The first-order chi connectivity index (χ1) is 13.7. The topological polar surface area (TPSA) is 60.0 Å². The number of fused-ring (bicyclic) bond motifs is 4. The summed E-state index contributed by atoms with van der Waals surface area (Å²) in [5.41, 5.74) is 14.1. The monoisotopic (exact) mass is 375 g/mol. The predicted octanol–water partition coefficient (Wildman–Crippen LogP) is 3.77. The van der Waals surface area contributed by atoms with Crippen LogP contribution < -0.4 is 5.73 Å². The van der Waals surface area contributed by atoms with Gasteiger partial charge in [0.25, 0.3) is 0 Å². The second-order valence-electron chi connectivity index (χ2n) is 8.36. The molecule has 0 atom stereocenters. The van der Waals surface area contributed by atoms with Gasteiger partial charge in [0.05, 0.1) is 0 Å². The number of aryl methyl sites for hydroxylation is 4. The lowest BCUT2D eigenvalue weighted by atomic mass is 9.92. The SMILES string of the molecule is Cn1nc2c(N)nc3c(c2c1CCCCN1Cc2ccccc2C1)CCCC3. The lowest BCUT2D eigenvalue weighted by Crippen LogP contribution is -2.17. The smallest absolute Gasteiger partial charge is 0.152 e. The Hall–Kier alpha value is -2.40. The zero-order chi connectivity index (χ0) is 19.1. The van der Waals surface area contributed by atoms with E-state index in [9.17, 15) is 0 Å². The molecule has 0 unspecified atom stereocenters. The second-order valence-corrected chi connectivity index (χ2v) is 8.36. The molecule has 1 aliphatic heterocycles. The van der Waals surface area contributed by atoms with Gasteiger partial charge in [0.15, 0.2) is 5.82 Å². The van der Waals surface area contributed by atoms with Crippen LogP contribution in [0.1, 0.15) is 53.8 Å². The molecule has 2 aromatic heterocycles. The fourth-order valence-electron chi connectivity index (χ4n) is 5.01. The van der Waals surface area contributed by atoms with Gasteiger partial charge in [-0.05, 0) is 68.2 Å². The van der Waals surface area contributed by atoms with E-state index < -0.39 is 0 Å². The number of hydrogen-bond acceptors (Lipinski definition) is 4. The largest absolute Gasteiger partial charge is 0.382 e. The van der Waals surface area contributed by atoms with Crippen molar-refractivity contribution in [2.75, 3.05) is 12.3 Å². The molecule has 3 aromatic rings. The molecule has 0 bridgehead atoms. The molecule has 0 saturated heterocycles. The number of aromatic nitrogens is 3. The molecule has 146 valence electrons.